The Balaban J connectivity index is 1.99. The number of ether oxygens (including phenoxy) is 1. The second kappa shape index (κ2) is 4.76. The Morgan fingerprint density at radius 3 is 2.68 bits per heavy atom. The number of ketones is 1. The first-order valence-corrected chi connectivity index (χ1v) is 6.31. The molecule has 19 heavy (non-hydrogen) atoms. The van der Waals surface area contributed by atoms with Crippen LogP contribution in [0, 0.1) is 0 Å². The van der Waals surface area contributed by atoms with E-state index in [0.29, 0.717) is 6.42 Å². The highest BCUT2D eigenvalue weighted by Crippen LogP contribution is 2.35. The van der Waals surface area contributed by atoms with Crippen molar-refractivity contribution >= 4 is 11.5 Å². The minimum Gasteiger partial charge on any atom is -0.496 e. The van der Waals surface area contributed by atoms with Crippen LogP contribution in [-0.4, -0.2) is 12.9 Å². The lowest BCUT2D eigenvalue weighted by molar-refractivity contribution is 0.0972. The highest BCUT2D eigenvalue weighted by Gasteiger charge is 2.26. The largest absolute Gasteiger partial charge is 0.496 e. The second-order valence-corrected chi connectivity index (χ2v) is 4.61. The van der Waals surface area contributed by atoms with Crippen molar-refractivity contribution in [2.45, 2.75) is 12.5 Å². The zero-order valence-electron chi connectivity index (χ0n) is 10.7. The molecule has 3 nitrogen and oxygen atoms in total. The SMILES string of the molecule is COc1ccccc1[C@H]1CC(=O)c2ccccc2N1. The van der Waals surface area contributed by atoms with Gasteiger partial charge in [0.15, 0.2) is 5.78 Å². The van der Waals surface area contributed by atoms with Gasteiger partial charge in [0.05, 0.1) is 13.2 Å². The van der Waals surface area contributed by atoms with Crippen LogP contribution in [0.1, 0.15) is 28.4 Å². The Morgan fingerprint density at radius 1 is 1.11 bits per heavy atom. The van der Waals surface area contributed by atoms with Gasteiger partial charge in [-0.05, 0) is 18.2 Å². The van der Waals surface area contributed by atoms with Crippen LogP contribution in [0.25, 0.3) is 0 Å². The molecule has 1 atom stereocenters. The number of methoxy groups -OCH3 is 1. The van der Waals surface area contributed by atoms with Gasteiger partial charge >= 0.3 is 0 Å². The summed E-state index contributed by atoms with van der Waals surface area (Å²) in [5.41, 5.74) is 2.69. The van der Waals surface area contributed by atoms with E-state index in [0.717, 1.165) is 22.6 Å². The molecule has 0 unspecified atom stereocenters. The van der Waals surface area contributed by atoms with E-state index in [2.05, 4.69) is 5.32 Å². The van der Waals surface area contributed by atoms with E-state index in [9.17, 15) is 4.79 Å². The van der Waals surface area contributed by atoms with Gasteiger partial charge in [0, 0.05) is 23.2 Å². The van der Waals surface area contributed by atoms with E-state index >= 15 is 0 Å². The molecular formula is C16H15NO2. The lowest BCUT2D eigenvalue weighted by Gasteiger charge is -2.27. The van der Waals surface area contributed by atoms with E-state index in [4.69, 9.17) is 4.74 Å². The van der Waals surface area contributed by atoms with Crippen LogP contribution in [0.3, 0.4) is 0 Å². The number of benzene rings is 2. The van der Waals surface area contributed by atoms with Gasteiger partial charge in [-0.2, -0.15) is 0 Å². The van der Waals surface area contributed by atoms with Crippen molar-refractivity contribution in [3.8, 4) is 5.75 Å². The Bertz CT molecular complexity index is 622. The Labute approximate surface area is 112 Å². The molecule has 0 saturated heterocycles. The van der Waals surface area contributed by atoms with Crippen LogP contribution in [0.4, 0.5) is 5.69 Å². The number of carbonyl (C=O) groups is 1. The predicted molar refractivity (Wildman–Crippen MR) is 74.7 cm³/mol. The average molecular weight is 253 g/mol. The first-order chi connectivity index (χ1) is 9.29. The van der Waals surface area contributed by atoms with Crippen LogP contribution in [0.15, 0.2) is 48.5 Å². The van der Waals surface area contributed by atoms with Gasteiger partial charge in [0.1, 0.15) is 5.75 Å². The van der Waals surface area contributed by atoms with Crippen LogP contribution in [-0.2, 0) is 0 Å². The van der Waals surface area contributed by atoms with Crippen LogP contribution >= 0.6 is 0 Å². The van der Waals surface area contributed by atoms with Crippen LogP contribution < -0.4 is 10.1 Å². The molecule has 3 rings (SSSR count). The topological polar surface area (TPSA) is 38.3 Å². The molecule has 0 amide bonds. The van der Waals surface area contributed by atoms with Gasteiger partial charge in [-0.1, -0.05) is 30.3 Å². The molecule has 1 heterocycles. The summed E-state index contributed by atoms with van der Waals surface area (Å²) < 4.78 is 5.37. The normalized spacial score (nSPS) is 17.5. The number of para-hydroxylation sites is 2. The number of anilines is 1. The molecular weight excluding hydrogens is 238 g/mol. The maximum atomic E-state index is 12.2. The summed E-state index contributed by atoms with van der Waals surface area (Å²) in [5, 5.41) is 3.42. The standard InChI is InChI=1S/C16H15NO2/c1-19-16-9-5-3-7-12(16)14-10-15(18)11-6-2-4-8-13(11)17-14/h2-9,14,17H,10H2,1H3/t14-/m1/s1. The Kier molecular flexibility index (Phi) is 2.95. The molecule has 2 aromatic rings. The minimum absolute atomic E-state index is 0.0291. The molecule has 0 radical (unpaired) electrons. The van der Waals surface area contributed by atoms with Crippen LogP contribution in [0.5, 0.6) is 5.75 Å². The smallest absolute Gasteiger partial charge is 0.167 e. The summed E-state index contributed by atoms with van der Waals surface area (Å²) in [4.78, 5) is 12.2. The Hall–Kier alpha value is -2.29. The van der Waals surface area contributed by atoms with Crippen molar-refractivity contribution in [2.75, 3.05) is 12.4 Å². The molecule has 0 bridgehead atoms. The number of hydrogen-bond acceptors (Lipinski definition) is 3. The summed E-state index contributed by atoms with van der Waals surface area (Å²) in [6.45, 7) is 0. The molecule has 1 N–H and O–H groups in total. The first kappa shape index (κ1) is 11.8. The molecule has 0 aliphatic carbocycles. The fourth-order valence-electron chi connectivity index (χ4n) is 2.53. The van der Waals surface area contributed by atoms with Crippen molar-refractivity contribution in [3.05, 3.63) is 59.7 Å². The van der Waals surface area contributed by atoms with Gasteiger partial charge in [0.2, 0.25) is 0 Å². The van der Waals surface area contributed by atoms with Gasteiger partial charge < -0.3 is 10.1 Å². The number of rotatable bonds is 2. The number of Topliss-reactive ketones (excluding diaryl/α,β-unsaturated/α-hetero) is 1. The predicted octanol–water partition coefficient (Wildman–Crippen LogP) is 3.43. The third-order valence-corrected chi connectivity index (χ3v) is 3.46. The van der Waals surface area contributed by atoms with E-state index < -0.39 is 0 Å². The molecule has 0 aromatic heterocycles. The molecule has 3 heteroatoms. The molecule has 96 valence electrons. The van der Waals surface area contributed by atoms with Gasteiger partial charge in [-0.15, -0.1) is 0 Å². The van der Waals surface area contributed by atoms with Crippen molar-refractivity contribution in [3.63, 3.8) is 0 Å². The highest BCUT2D eigenvalue weighted by atomic mass is 16.5. The third-order valence-electron chi connectivity index (χ3n) is 3.46. The summed E-state index contributed by atoms with van der Waals surface area (Å²) in [6, 6.07) is 15.4. The highest BCUT2D eigenvalue weighted by molar-refractivity contribution is 6.03. The minimum atomic E-state index is -0.0291. The number of nitrogens with one attached hydrogen (secondary N) is 1. The van der Waals surface area contributed by atoms with Crippen molar-refractivity contribution in [2.24, 2.45) is 0 Å². The van der Waals surface area contributed by atoms with Crippen molar-refractivity contribution in [1.82, 2.24) is 0 Å². The molecule has 1 aliphatic rings. The van der Waals surface area contributed by atoms with E-state index in [-0.39, 0.29) is 11.8 Å². The third kappa shape index (κ3) is 2.08. The summed E-state index contributed by atoms with van der Waals surface area (Å²) in [6.07, 6.45) is 0.456. The first-order valence-electron chi connectivity index (χ1n) is 6.31. The van der Waals surface area contributed by atoms with E-state index in [1.54, 1.807) is 7.11 Å². The molecule has 0 spiro atoms. The zero-order valence-corrected chi connectivity index (χ0v) is 10.7. The van der Waals surface area contributed by atoms with E-state index in [1.807, 2.05) is 48.5 Å². The maximum absolute atomic E-state index is 12.2. The van der Waals surface area contributed by atoms with Crippen molar-refractivity contribution in [1.29, 1.82) is 0 Å². The average Bonchev–Trinajstić information content (AvgIpc) is 2.47. The lowest BCUT2D eigenvalue weighted by Crippen LogP contribution is -2.23. The Morgan fingerprint density at radius 2 is 1.84 bits per heavy atom. The molecule has 1 aliphatic heterocycles. The monoisotopic (exact) mass is 253 g/mol. The summed E-state index contributed by atoms with van der Waals surface area (Å²) in [7, 11) is 1.65. The quantitative estimate of drug-likeness (QED) is 0.891. The van der Waals surface area contributed by atoms with Gasteiger partial charge in [0.25, 0.3) is 0 Å². The second-order valence-electron chi connectivity index (χ2n) is 4.61. The lowest BCUT2D eigenvalue weighted by atomic mass is 9.92. The molecule has 0 saturated carbocycles. The van der Waals surface area contributed by atoms with Gasteiger partial charge in [-0.3, -0.25) is 4.79 Å². The fraction of sp³-hybridized carbons (Fsp3) is 0.188. The number of hydrogen-bond donors (Lipinski definition) is 1. The number of fused-ring (bicyclic) bond motifs is 1. The molecule has 2 aromatic carbocycles. The summed E-state index contributed by atoms with van der Waals surface area (Å²) >= 11 is 0. The fourth-order valence-corrected chi connectivity index (χ4v) is 2.53. The number of carbonyl (C=O) groups excluding carboxylic acids is 1. The van der Waals surface area contributed by atoms with Crippen LogP contribution in [0.2, 0.25) is 0 Å². The zero-order chi connectivity index (χ0) is 13.2. The maximum Gasteiger partial charge on any atom is 0.167 e. The van der Waals surface area contributed by atoms with Gasteiger partial charge in [-0.25, -0.2) is 0 Å². The van der Waals surface area contributed by atoms with Crippen molar-refractivity contribution < 1.29 is 9.53 Å². The summed E-state index contributed by atoms with van der Waals surface area (Å²) in [5.74, 6) is 0.984. The van der Waals surface area contributed by atoms with E-state index in [1.165, 1.54) is 0 Å². The molecule has 0 fully saturated rings.